The van der Waals surface area contributed by atoms with Crippen molar-refractivity contribution in [3.05, 3.63) is 52.9 Å². The molecule has 0 bridgehead atoms. The molecule has 2 heterocycles. The van der Waals surface area contributed by atoms with Crippen LogP contribution in [0.1, 0.15) is 18.5 Å². The van der Waals surface area contributed by atoms with E-state index < -0.39 is 0 Å². The van der Waals surface area contributed by atoms with Crippen LogP contribution in [0.3, 0.4) is 0 Å². The topological polar surface area (TPSA) is 71.8 Å². The summed E-state index contributed by atoms with van der Waals surface area (Å²) in [5.41, 5.74) is 2.63. The zero-order chi connectivity index (χ0) is 21.3. The number of fused-ring (bicyclic) bond motifs is 3. The van der Waals surface area contributed by atoms with Gasteiger partial charge in [-0.2, -0.15) is 0 Å². The van der Waals surface area contributed by atoms with Crippen LogP contribution in [0.4, 0.5) is 0 Å². The number of rotatable bonds is 6. The molecule has 0 radical (unpaired) electrons. The van der Waals surface area contributed by atoms with E-state index in [0.29, 0.717) is 33.9 Å². The van der Waals surface area contributed by atoms with Gasteiger partial charge >= 0.3 is 5.97 Å². The number of carbonyl (C=O) groups excluding carboxylic acids is 1. The summed E-state index contributed by atoms with van der Waals surface area (Å²) in [5, 5.41) is 0.712. The van der Waals surface area contributed by atoms with E-state index in [1.807, 2.05) is 42.5 Å². The third kappa shape index (κ3) is 3.27. The number of benzene rings is 2. The van der Waals surface area contributed by atoms with Gasteiger partial charge in [-0.3, -0.25) is 0 Å². The Morgan fingerprint density at radius 1 is 1.07 bits per heavy atom. The van der Waals surface area contributed by atoms with Crippen molar-refractivity contribution in [2.45, 2.75) is 18.1 Å². The van der Waals surface area contributed by atoms with Crippen LogP contribution in [-0.2, 0) is 9.53 Å². The number of allylic oxidation sites excluding steroid dienone is 1. The third-order valence-corrected chi connectivity index (χ3v) is 5.88. The number of nitrogens with zero attached hydrogens (tertiary/aromatic N) is 2. The summed E-state index contributed by atoms with van der Waals surface area (Å²) < 4.78 is 24.0. The molecule has 0 spiro atoms. The molecule has 2 aromatic carbocycles. The summed E-state index contributed by atoms with van der Waals surface area (Å²) >= 11 is 1.30. The first kappa shape index (κ1) is 20.2. The first-order valence-electron chi connectivity index (χ1n) is 9.45. The lowest BCUT2D eigenvalue weighted by molar-refractivity contribution is -0.137. The number of ether oxygens (including phenoxy) is 4. The molecule has 30 heavy (non-hydrogen) atoms. The second kappa shape index (κ2) is 8.31. The predicted octanol–water partition coefficient (Wildman–Crippen LogP) is 4.20. The second-order valence-electron chi connectivity index (χ2n) is 6.47. The van der Waals surface area contributed by atoms with E-state index in [2.05, 4.69) is 4.57 Å². The van der Waals surface area contributed by atoms with E-state index in [4.69, 9.17) is 23.9 Å². The summed E-state index contributed by atoms with van der Waals surface area (Å²) in [6.07, 6.45) is 1.88. The van der Waals surface area contributed by atoms with Crippen molar-refractivity contribution in [1.29, 1.82) is 0 Å². The maximum atomic E-state index is 12.6. The Labute approximate surface area is 178 Å². The van der Waals surface area contributed by atoms with Gasteiger partial charge in [-0.1, -0.05) is 12.1 Å². The number of imidazole rings is 1. The molecular weight excluding hydrogens is 404 g/mol. The maximum Gasteiger partial charge on any atom is 0.344 e. The van der Waals surface area contributed by atoms with E-state index in [-0.39, 0.29) is 12.0 Å². The molecule has 1 aliphatic heterocycles. The SMILES string of the molecule is CCOC(=O)C1=CC(c2ccc(OC)c(OC)c2OC)n2c(nc3ccccc32)S1. The first-order valence-corrected chi connectivity index (χ1v) is 10.3. The lowest BCUT2D eigenvalue weighted by Crippen LogP contribution is -2.18. The molecule has 0 saturated heterocycles. The molecule has 0 N–H and O–H groups in total. The van der Waals surface area contributed by atoms with Gasteiger partial charge in [0, 0.05) is 5.56 Å². The van der Waals surface area contributed by atoms with Gasteiger partial charge in [0.15, 0.2) is 16.7 Å². The van der Waals surface area contributed by atoms with E-state index in [1.165, 1.54) is 11.8 Å². The van der Waals surface area contributed by atoms with E-state index >= 15 is 0 Å². The minimum absolute atomic E-state index is 0.303. The number of hydrogen-bond acceptors (Lipinski definition) is 7. The van der Waals surface area contributed by atoms with Gasteiger partial charge in [-0.05, 0) is 49.0 Å². The molecule has 1 atom stereocenters. The van der Waals surface area contributed by atoms with E-state index in [0.717, 1.165) is 16.6 Å². The van der Waals surface area contributed by atoms with Gasteiger partial charge in [0.1, 0.15) is 0 Å². The Bertz CT molecular complexity index is 1140. The molecule has 1 aromatic heterocycles. The third-order valence-electron chi connectivity index (χ3n) is 4.88. The van der Waals surface area contributed by atoms with Gasteiger partial charge in [0.25, 0.3) is 0 Å². The zero-order valence-electron chi connectivity index (χ0n) is 17.2. The molecule has 4 rings (SSSR count). The fourth-order valence-electron chi connectivity index (χ4n) is 3.61. The number of hydrogen-bond donors (Lipinski definition) is 0. The standard InChI is InChI=1S/C22H22N2O5S/c1-5-29-21(25)18-12-16(13-10-11-17(26-2)20(28-4)19(13)27-3)24-15-9-7-6-8-14(15)23-22(24)30-18/h6-12,16H,5H2,1-4H3. The van der Waals surface area contributed by atoms with Crippen LogP contribution in [-0.4, -0.2) is 43.5 Å². The molecule has 1 unspecified atom stereocenters. The molecule has 0 fully saturated rings. The number of methoxy groups -OCH3 is 3. The fraction of sp³-hybridized carbons (Fsp3) is 0.273. The second-order valence-corrected chi connectivity index (χ2v) is 7.48. The number of para-hydroxylation sites is 2. The van der Waals surface area contributed by atoms with Crippen molar-refractivity contribution in [1.82, 2.24) is 9.55 Å². The predicted molar refractivity (Wildman–Crippen MR) is 115 cm³/mol. The Kier molecular flexibility index (Phi) is 5.59. The molecule has 7 nitrogen and oxygen atoms in total. The molecule has 156 valence electrons. The van der Waals surface area contributed by atoms with Crippen molar-refractivity contribution in [2.75, 3.05) is 27.9 Å². The molecule has 3 aromatic rings. The number of thioether (sulfide) groups is 1. The molecular formula is C22H22N2O5S. The van der Waals surface area contributed by atoms with Gasteiger partial charge in [-0.25, -0.2) is 9.78 Å². The number of aromatic nitrogens is 2. The highest BCUT2D eigenvalue weighted by molar-refractivity contribution is 8.03. The maximum absolute atomic E-state index is 12.6. The summed E-state index contributed by atoms with van der Waals surface area (Å²) in [6.45, 7) is 2.09. The summed E-state index contributed by atoms with van der Waals surface area (Å²) in [4.78, 5) is 17.8. The Hall–Kier alpha value is -3.13. The van der Waals surface area contributed by atoms with Crippen LogP contribution in [0.5, 0.6) is 17.2 Å². The Morgan fingerprint density at radius 3 is 2.53 bits per heavy atom. The minimum atomic E-state index is -0.370. The summed E-state index contributed by atoms with van der Waals surface area (Å²) in [5.74, 6) is 1.23. The molecule has 1 aliphatic rings. The summed E-state index contributed by atoms with van der Waals surface area (Å²) in [6, 6.07) is 11.3. The van der Waals surface area contributed by atoms with E-state index in [1.54, 1.807) is 28.3 Å². The Morgan fingerprint density at radius 2 is 1.83 bits per heavy atom. The number of esters is 1. The lowest BCUT2D eigenvalue weighted by Gasteiger charge is -2.26. The van der Waals surface area contributed by atoms with Gasteiger partial charge in [0.05, 0.1) is 49.9 Å². The Balaban J connectivity index is 1.96. The largest absolute Gasteiger partial charge is 0.493 e. The van der Waals surface area contributed by atoms with Crippen molar-refractivity contribution < 1.29 is 23.7 Å². The monoisotopic (exact) mass is 426 g/mol. The highest BCUT2D eigenvalue weighted by Gasteiger charge is 2.32. The molecule has 0 amide bonds. The molecule has 0 aliphatic carbocycles. The quantitative estimate of drug-likeness (QED) is 0.547. The highest BCUT2D eigenvalue weighted by Crippen LogP contribution is 2.47. The lowest BCUT2D eigenvalue weighted by atomic mass is 10.0. The van der Waals surface area contributed by atoms with Crippen molar-refractivity contribution >= 4 is 28.8 Å². The van der Waals surface area contributed by atoms with E-state index in [9.17, 15) is 4.79 Å². The van der Waals surface area contributed by atoms with Gasteiger partial charge in [-0.15, -0.1) is 0 Å². The van der Waals surface area contributed by atoms with Crippen LogP contribution < -0.4 is 14.2 Å². The van der Waals surface area contributed by atoms with Gasteiger partial charge in [0.2, 0.25) is 5.75 Å². The first-order chi connectivity index (χ1) is 14.6. The van der Waals surface area contributed by atoms with Crippen LogP contribution in [0, 0.1) is 0 Å². The highest BCUT2D eigenvalue weighted by atomic mass is 32.2. The molecule has 0 saturated carbocycles. The van der Waals surface area contributed by atoms with Crippen molar-refractivity contribution in [3.8, 4) is 17.2 Å². The smallest absolute Gasteiger partial charge is 0.344 e. The average Bonchev–Trinajstić information content (AvgIpc) is 3.16. The van der Waals surface area contributed by atoms with Crippen LogP contribution in [0.25, 0.3) is 11.0 Å². The molecule has 8 heteroatoms. The van der Waals surface area contributed by atoms with Crippen LogP contribution in [0.2, 0.25) is 0 Å². The average molecular weight is 426 g/mol. The number of carbonyl (C=O) groups is 1. The zero-order valence-corrected chi connectivity index (χ0v) is 18.0. The van der Waals surface area contributed by atoms with Gasteiger partial charge < -0.3 is 23.5 Å². The summed E-state index contributed by atoms with van der Waals surface area (Å²) in [7, 11) is 4.73. The van der Waals surface area contributed by atoms with Crippen LogP contribution in [0.15, 0.2) is 52.5 Å². The van der Waals surface area contributed by atoms with Crippen LogP contribution >= 0.6 is 11.8 Å². The normalized spacial score (nSPS) is 15.3. The van der Waals surface area contributed by atoms with Crippen molar-refractivity contribution in [2.24, 2.45) is 0 Å². The van der Waals surface area contributed by atoms with Crippen molar-refractivity contribution in [3.63, 3.8) is 0 Å². The fourth-order valence-corrected chi connectivity index (χ4v) is 4.60. The minimum Gasteiger partial charge on any atom is -0.493 e.